The van der Waals surface area contributed by atoms with Gasteiger partial charge in [-0.15, -0.1) is 0 Å². The molecule has 0 spiro atoms. The number of carbonyl (C=O) groups excluding carboxylic acids is 1. The van der Waals surface area contributed by atoms with Crippen LogP contribution in [0.3, 0.4) is 0 Å². The Morgan fingerprint density at radius 2 is 2.10 bits per heavy atom. The van der Waals surface area contributed by atoms with Crippen LogP contribution in [0.2, 0.25) is 0 Å². The van der Waals surface area contributed by atoms with Crippen LogP contribution in [0.15, 0.2) is 18.2 Å². The number of methoxy groups -OCH3 is 1. The van der Waals surface area contributed by atoms with Crippen molar-refractivity contribution in [2.24, 2.45) is 5.92 Å². The molecule has 2 rings (SSSR count). The van der Waals surface area contributed by atoms with E-state index in [4.69, 9.17) is 4.74 Å². The maximum atomic E-state index is 12.4. The number of amides is 1. The third-order valence-corrected chi connectivity index (χ3v) is 4.19. The van der Waals surface area contributed by atoms with Crippen LogP contribution in [-0.4, -0.2) is 38.1 Å². The average molecular weight is 290 g/mol. The van der Waals surface area contributed by atoms with E-state index in [0.29, 0.717) is 18.9 Å². The Labute approximate surface area is 127 Å². The standard InChI is InChI=1S/C17H26N2O2/c1-13-4-5-16(21-3)15(10-13)12-19(2)17(20)11-14-6-8-18-9-7-14/h4-5,10,14,18H,6-9,11-12H2,1-3H3. The van der Waals surface area contributed by atoms with Gasteiger partial charge in [0.2, 0.25) is 5.91 Å². The molecule has 1 saturated heterocycles. The molecule has 0 aliphatic carbocycles. The molecular formula is C17H26N2O2. The van der Waals surface area contributed by atoms with Crippen LogP contribution in [0.25, 0.3) is 0 Å². The Morgan fingerprint density at radius 3 is 2.76 bits per heavy atom. The Kier molecular flexibility index (Phi) is 5.62. The summed E-state index contributed by atoms with van der Waals surface area (Å²) in [6, 6.07) is 6.09. The zero-order valence-electron chi connectivity index (χ0n) is 13.3. The van der Waals surface area contributed by atoms with E-state index in [-0.39, 0.29) is 5.91 Å². The Hall–Kier alpha value is -1.55. The highest BCUT2D eigenvalue weighted by Gasteiger charge is 2.19. The van der Waals surface area contributed by atoms with Crippen LogP contribution >= 0.6 is 0 Å². The Bertz CT molecular complexity index is 482. The predicted octanol–water partition coefficient (Wildman–Crippen LogP) is 2.35. The van der Waals surface area contributed by atoms with Gasteiger partial charge in [0.15, 0.2) is 0 Å². The molecule has 0 radical (unpaired) electrons. The zero-order valence-corrected chi connectivity index (χ0v) is 13.3. The molecule has 1 fully saturated rings. The largest absolute Gasteiger partial charge is 0.496 e. The first-order valence-corrected chi connectivity index (χ1v) is 7.68. The number of aryl methyl sites for hydroxylation is 1. The number of ether oxygens (including phenoxy) is 1. The van der Waals surface area contributed by atoms with E-state index in [1.54, 1.807) is 7.11 Å². The van der Waals surface area contributed by atoms with Gasteiger partial charge >= 0.3 is 0 Å². The van der Waals surface area contributed by atoms with Crippen LogP contribution in [0.1, 0.15) is 30.4 Å². The highest BCUT2D eigenvalue weighted by molar-refractivity contribution is 5.76. The summed E-state index contributed by atoms with van der Waals surface area (Å²) in [5, 5.41) is 3.34. The SMILES string of the molecule is COc1ccc(C)cc1CN(C)C(=O)CC1CCNCC1. The molecule has 116 valence electrons. The fourth-order valence-corrected chi connectivity index (χ4v) is 2.86. The number of nitrogens with zero attached hydrogens (tertiary/aromatic N) is 1. The smallest absolute Gasteiger partial charge is 0.222 e. The van der Waals surface area contributed by atoms with Crippen molar-refractivity contribution >= 4 is 5.91 Å². The van der Waals surface area contributed by atoms with Crippen molar-refractivity contribution < 1.29 is 9.53 Å². The van der Waals surface area contributed by atoms with Gasteiger partial charge in [-0.3, -0.25) is 4.79 Å². The maximum Gasteiger partial charge on any atom is 0.222 e. The van der Waals surface area contributed by atoms with Crippen molar-refractivity contribution in [3.63, 3.8) is 0 Å². The van der Waals surface area contributed by atoms with E-state index in [9.17, 15) is 4.79 Å². The lowest BCUT2D eigenvalue weighted by atomic mass is 9.94. The molecule has 1 amide bonds. The highest BCUT2D eigenvalue weighted by Crippen LogP contribution is 2.22. The lowest BCUT2D eigenvalue weighted by molar-refractivity contribution is -0.131. The number of hydrogen-bond donors (Lipinski definition) is 1. The molecular weight excluding hydrogens is 264 g/mol. The van der Waals surface area contributed by atoms with Gasteiger partial charge in [-0.1, -0.05) is 17.7 Å². The minimum atomic E-state index is 0.227. The van der Waals surface area contributed by atoms with Crippen molar-refractivity contribution in [1.82, 2.24) is 10.2 Å². The summed E-state index contributed by atoms with van der Waals surface area (Å²) in [5.41, 5.74) is 2.25. The van der Waals surface area contributed by atoms with Crippen LogP contribution in [0.5, 0.6) is 5.75 Å². The lowest BCUT2D eigenvalue weighted by Crippen LogP contribution is -2.33. The molecule has 1 N–H and O–H groups in total. The summed E-state index contributed by atoms with van der Waals surface area (Å²) in [5.74, 6) is 1.60. The normalized spacial score (nSPS) is 15.8. The van der Waals surface area contributed by atoms with Gasteiger partial charge in [-0.05, 0) is 44.8 Å². The van der Waals surface area contributed by atoms with Gasteiger partial charge in [-0.2, -0.15) is 0 Å². The minimum absolute atomic E-state index is 0.227. The third-order valence-electron chi connectivity index (χ3n) is 4.19. The molecule has 0 atom stereocenters. The quantitative estimate of drug-likeness (QED) is 0.905. The van der Waals surface area contributed by atoms with Crippen molar-refractivity contribution in [2.45, 2.75) is 32.7 Å². The van der Waals surface area contributed by atoms with E-state index in [0.717, 1.165) is 37.2 Å². The molecule has 1 aliphatic heterocycles. The van der Waals surface area contributed by atoms with Crippen LogP contribution in [-0.2, 0) is 11.3 Å². The second-order valence-electron chi connectivity index (χ2n) is 5.96. The molecule has 0 saturated carbocycles. The average Bonchev–Trinajstić information content (AvgIpc) is 2.48. The zero-order chi connectivity index (χ0) is 15.2. The second kappa shape index (κ2) is 7.46. The van der Waals surface area contributed by atoms with Gasteiger partial charge in [0.1, 0.15) is 5.75 Å². The third kappa shape index (κ3) is 4.46. The molecule has 0 unspecified atom stereocenters. The number of piperidine rings is 1. The number of carbonyl (C=O) groups is 1. The summed E-state index contributed by atoms with van der Waals surface area (Å²) in [7, 11) is 3.55. The van der Waals surface area contributed by atoms with Crippen molar-refractivity contribution in [1.29, 1.82) is 0 Å². The topological polar surface area (TPSA) is 41.6 Å². The molecule has 4 nitrogen and oxygen atoms in total. The molecule has 4 heteroatoms. The van der Waals surface area contributed by atoms with Crippen molar-refractivity contribution in [3.8, 4) is 5.75 Å². The molecule has 1 aromatic rings. The van der Waals surface area contributed by atoms with Crippen molar-refractivity contribution in [2.75, 3.05) is 27.2 Å². The molecule has 0 bridgehead atoms. The maximum absolute atomic E-state index is 12.4. The van der Waals surface area contributed by atoms with Gasteiger partial charge in [0, 0.05) is 25.6 Å². The Morgan fingerprint density at radius 1 is 1.38 bits per heavy atom. The molecule has 1 aromatic carbocycles. The monoisotopic (exact) mass is 290 g/mol. The first kappa shape index (κ1) is 15.8. The van der Waals surface area contributed by atoms with Gasteiger partial charge in [-0.25, -0.2) is 0 Å². The molecule has 0 aromatic heterocycles. The summed E-state index contributed by atoms with van der Waals surface area (Å²) in [6.07, 6.45) is 2.87. The number of nitrogens with one attached hydrogen (secondary N) is 1. The summed E-state index contributed by atoms with van der Waals surface area (Å²) < 4.78 is 5.38. The number of rotatable bonds is 5. The Balaban J connectivity index is 1.95. The van der Waals surface area contributed by atoms with E-state index < -0.39 is 0 Å². The van der Waals surface area contributed by atoms with Gasteiger partial charge < -0.3 is 15.0 Å². The summed E-state index contributed by atoms with van der Waals surface area (Å²) in [4.78, 5) is 14.2. The van der Waals surface area contributed by atoms with Crippen LogP contribution in [0, 0.1) is 12.8 Å². The van der Waals surface area contributed by atoms with Gasteiger partial charge in [0.05, 0.1) is 7.11 Å². The number of hydrogen-bond acceptors (Lipinski definition) is 3. The summed E-state index contributed by atoms with van der Waals surface area (Å²) in [6.45, 7) is 4.73. The minimum Gasteiger partial charge on any atom is -0.496 e. The van der Waals surface area contributed by atoms with Gasteiger partial charge in [0.25, 0.3) is 0 Å². The van der Waals surface area contributed by atoms with E-state index in [1.807, 2.05) is 24.1 Å². The van der Waals surface area contributed by atoms with Crippen molar-refractivity contribution in [3.05, 3.63) is 29.3 Å². The van der Waals surface area contributed by atoms with E-state index >= 15 is 0 Å². The predicted molar refractivity (Wildman–Crippen MR) is 84.4 cm³/mol. The lowest BCUT2D eigenvalue weighted by Gasteiger charge is -2.25. The van der Waals surface area contributed by atoms with E-state index in [1.165, 1.54) is 5.56 Å². The first-order chi connectivity index (χ1) is 10.1. The highest BCUT2D eigenvalue weighted by atomic mass is 16.5. The van der Waals surface area contributed by atoms with E-state index in [2.05, 4.69) is 18.3 Å². The first-order valence-electron chi connectivity index (χ1n) is 7.68. The molecule has 1 heterocycles. The van der Waals surface area contributed by atoms with Crippen LogP contribution < -0.4 is 10.1 Å². The second-order valence-corrected chi connectivity index (χ2v) is 5.96. The fraction of sp³-hybridized carbons (Fsp3) is 0.588. The molecule has 1 aliphatic rings. The fourth-order valence-electron chi connectivity index (χ4n) is 2.86. The van der Waals surface area contributed by atoms with Crippen LogP contribution in [0.4, 0.5) is 0 Å². The molecule has 21 heavy (non-hydrogen) atoms. The summed E-state index contributed by atoms with van der Waals surface area (Å²) >= 11 is 0. The number of benzene rings is 1.